The van der Waals surface area contributed by atoms with Crippen LogP contribution in [0.4, 0.5) is 0 Å². The molecule has 2 aromatic rings. The van der Waals surface area contributed by atoms with Crippen molar-refractivity contribution in [3.8, 4) is 0 Å². The van der Waals surface area contributed by atoms with Gasteiger partial charge in [-0.1, -0.05) is 6.92 Å². The fourth-order valence-corrected chi connectivity index (χ4v) is 3.41. The number of carbonyl (C=O) groups excluding carboxylic acids is 1. The number of rotatable bonds is 3. The van der Waals surface area contributed by atoms with Gasteiger partial charge in [-0.2, -0.15) is 0 Å². The highest BCUT2D eigenvalue weighted by atomic mass is 16.5. The molecule has 0 amide bonds. The minimum atomic E-state index is -0.237. The minimum absolute atomic E-state index is 0.237. The van der Waals surface area contributed by atoms with Crippen LogP contribution < -0.4 is 0 Å². The van der Waals surface area contributed by atoms with Gasteiger partial charge in [0.2, 0.25) is 0 Å². The Morgan fingerprint density at radius 3 is 2.57 bits per heavy atom. The average molecular weight is 286 g/mol. The summed E-state index contributed by atoms with van der Waals surface area (Å²) in [5, 5.41) is 1.03. The molecule has 0 spiro atoms. The van der Waals surface area contributed by atoms with Crippen molar-refractivity contribution in [2.75, 3.05) is 14.2 Å². The summed E-state index contributed by atoms with van der Waals surface area (Å²) in [6, 6.07) is 4.43. The third-order valence-electron chi connectivity index (χ3n) is 4.36. The van der Waals surface area contributed by atoms with Crippen LogP contribution in [-0.2, 0) is 24.4 Å². The summed E-state index contributed by atoms with van der Waals surface area (Å²) in [7, 11) is 3.57. The van der Waals surface area contributed by atoms with Crippen molar-refractivity contribution in [1.29, 1.82) is 0 Å². The first-order valence-electron chi connectivity index (χ1n) is 7.48. The molecule has 0 bridgehead atoms. The van der Waals surface area contributed by atoms with E-state index in [0.717, 1.165) is 48.2 Å². The number of hydrogen-bond donors (Lipinski definition) is 0. The Morgan fingerprint density at radius 1 is 1.29 bits per heavy atom. The molecule has 0 N–H and O–H groups in total. The summed E-state index contributed by atoms with van der Waals surface area (Å²) in [6.07, 6.45) is 1.04. The van der Waals surface area contributed by atoms with Gasteiger partial charge in [-0.3, -0.25) is 4.90 Å². The number of esters is 1. The van der Waals surface area contributed by atoms with Crippen LogP contribution in [-0.4, -0.2) is 29.6 Å². The van der Waals surface area contributed by atoms with E-state index in [2.05, 4.69) is 35.6 Å². The summed E-state index contributed by atoms with van der Waals surface area (Å²) in [6.45, 7) is 7.02. The largest absolute Gasteiger partial charge is 0.465 e. The van der Waals surface area contributed by atoms with E-state index < -0.39 is 0 Å². The molecule has 112 valence electrons. The molecule has 0 atom stereocenters. The first-order chi connectivity index (χ1) is 10.1. The molecule has 0 saturated carbocycles. The van der Waals surface area contributed by atoms with Crippen molar-refractivity contribution in [2.24, 2.45) is 0 Å². The van der Waals surface area contributed by atoms with Crippen LogP contribution in [0, 0.1) is 6.92 Å². The number of ether oxygens (including phenoxy) is 1. The van der Waals surface area contributed by atoms with E-state index in [1.54, 1.807) is 0 Å². The third kappa shape index (κ3) is 2.14. The fraction of sp³-hybridized carbons (Fsp3) is 0.471. The van der Waals surface area contributed by atoms with Crippen LogP contribution in [0.25, 0.3) is 10.9 Å². The van der Waals surface area contributed by atoms with Crippen molar-refractivity contribution in [3.63, 3.8) is 0 Å². The van der Waals surface area contributed by atoms with Gasteiger partial charge in [0.15, 0.2) is 0 Å². The molecule has 3 rings (SSSR count). The van der Waals surface area contributed by atoms with Crippen LogP contribution in [0.1, 0.15) is 40.5 Å². The molecular formula is C17H22N2O2. The van der Waals surface area contributed by atoms with E-state index in [9.17, 15) is 4.79 Å². The number of aromatic nitrogens is 1. The van der Waals surface area contributed by atoms with Crippen LogP contribution in [0.2, 0.25) is 0 Å². The topological polar surface area (TPSA) is 34.5 Å². The molecule has 21 heavy (non-hydrogen) atoms. The van der Waals surface area contributed by atoms with Crippen molar-refractivity contribution in [1.82, 2.24) is 9.47 Å². The first kappa shape index (κ1) is 14.1. The van der Waals surface area contributed by atoms with Crippen LogP contribution >= 0.6 is 0 Å². The first-order valence-corrected chi connectivity index (χ1v) is 7.48. The molecule has 1 aromatic carbocycles. The van der Waals surface area contributed by atoms with Crippen molar-refractivity contribution in [2.45, 2.75) is 39.9 Å². The number of aryl methyl sites for hydroxylation is 1. The third-order valence-corrected chi connectivity index (χ3v) is 4.36. The molecule has 4 nitrogen and oxygen atoms in total. The van der Waals surface area contributed by atoms with E-state index in [1.807, 2.05) is 6.92 Å². The number of nitrogens with zero attached hydrogens (tertiary/aromatic N) is 2. The summed E-state index contributed by atoms with van der Waals surface area (Å²) < 4.78 is 7.24. The lowest BCUT2D eigenvalue weighted by Crippen LogP contribution is -2.07. The van der Waals surface area contributed by atoms with Gasteiger partial charge in [-0.05, 0) is 43.7 Å². The predicted molar refractivity (Wildman–Crippen MR) is 83.5 cm³/mol. The zero-order valence-electron chi connectivity index (χ0n) is 13.2. The molecule has 0 radical (unpaired) electrons. The van der Waals surface area contributed by atoms with E-state index in [1.165, 1.54) is 18.2 Å². The second kappa shape index (κ2) is 5.19. The molecule has 1 aliphatic rings. The maximum Gasteiger partial charge on any atom is 0.340 e. The van der Waals surface area contributed by atoms with Crippen molar-refractivity contribution < 1.29 is 9.53 Å². The van der Waals surface area contributed by atoms with Crippen LogP contribution in [0.5, 0.6) is 0 Å². The second-order valence-corrected chi connectivity index (χ2v) is 5.91. The summed E-state index contributed by atoms with van der Waals surface area (Å²) >= 11 is 0. The SMILES string of the molecule is CCCn1c(C)c(C(=O)OC)c2cc3c(cc21)CN(C)C3. The maximum absolute atomic E-state index is 12.2. The standard InChI is InChI=1S/C17H22N2O2/c1-5-6-19-11(2)16(17(20)21-4)14-7-12-9-18(3)10-13(12)8-15(14)19/h7-8H,5-6,9-10H2,1-4H3. The highest BCUT2D eigenvalue weighted by Crippen LogP contribution is 2.33. The van der Waals surface area contributed by atoms with E-state index in [-0.39, 0.29) is 5.97 Å². The van der Waals surface area contributed by atoms with Gasteiger partial charge in [-0.15, -0.1) is 0 Å². The quantitative estimate of drug-likeness (QED) is 0.813. The van der Waals surface area contributed by atoms with Gasteiger partial charge in [-0.25, -0.2) is 4.79 Å². The van der Waals surface area contributed by atoms with Gasteiger partial charge in [0, 0.05) is 36.2 Å². The Morgan fingerprint density at radius 2 is 1.95 bits per heavy atom. The fourth-order valence-electron chi connectivity index (χ4n) is 3.41. The number of methoxy groups -OCH3 is 1. The summed E-state index contributed by atoms with van der Waals surface area (Å²) in [5.74, 6) is -0.237. The van der Waals surface area contributed by atoms with Crippen LogP contribution in [0.3, 0.4) is 0 Å². The smallest absolute Gasteiger partial charge is 0.340 e. The second-order valence-electron chi connectivity index (χ2n) is 5.91. The Labute approximate surface area is 125 Å². The Balaban J connectivity index is 2.29. The molecule has 0 unspecified atom stereocenters. The van der Waals surface area contributed by atoms with E-state index >= 15 is 0 Å². The van der Waals surface area contributed by atoms with Gasteiger partial charge in [0.25, 0.3) is 0 Å². The molecule has 4 heteroatoms. The van der Waals surface area contributed by atoms with Crippen molar-refractivity contribution in [3.05, 3.63) is 34.5 Å². The lowest BCUT2D eigenvalue weighted by atomic mass is 10.0. The summed E-state index contributed by atoms with van der Waals surface area (Å²) in [5.41, 5.74) is 5.58. The number of benzene rings is 1. The zero-order valence-corrected chi connectivity index (χ0v) is 13.2. The monoisotopic (exact) mass is 286 g/mol. The average Bonchev–Trinajstić information content (AvgIpc) is 2.94. The van der Waals surface area contributed by atoms with E-state index in [4.69, 9.17) is 4.74 Å². The van der Waals surface area contributed by atoms with E-state index in [0.29, 0.717) is 0 Å². The van der Waals surface area contributed by atoms with Gasteiger partial charge in [0.05, 0.1) is 12.7 Å². The normalized spacial score (nSPS) is 14.7. The number of fused-ring (bicyclic) bond motifs is 2. The highest BCUT2D eigenvalue weighted by Gasteiger charge is 2.24. The molecule has 1 aromatic heterocycles. The molecular weight excluding hydrogens is 264 g/mol. The molecule has 2 heterocycles. The highest BCUT2D eigenvalue weighted by molar-refractivity contribution is 6.06. The van der Waals surface area contributed by atoms with Crippen LogP contribution in [0.15, 0.2) is 12.1 Å². The Bertz CT molecular complexity index is 715. The zero-order chi connectivity index (χ0) is 15.1. The molecule has 0 aliphatic carbocycles. The lowest BCUT2D eigenvalue weighted by Gasteiger charge is -2.07. The Kier molecular flexibility index (Phi) is 3.49. The molecule has 0 saturated heterocycles. The maximum atomic E-state index is 12.2. The van der Waals surface area contributed by atoms with Gasteiger partial charge < -0.3 is 9.30 Å². The minimum Gasteiger partial charge on any atom is -0.465 e. The van der Waals surface area contributed by atoms with Crippen molar-refractivity contribution >= 4 is 16.9 Å². The Hall–Kier alpha value is -1.81. The van der Waals surface area contributed by atoms with Gasteiger partial charge >= 0.3 is 5.97 Å². The molecule has 1 aliphatic heterocycles. The summed E-state index contributed by atoms with van der Waals surface area (Å²) in [4.78, 5) is 14.5. The lowest BCUT2D eigenvalue weighted by molar-refractivity contribution is 0.0602. The molecule has 0 fully saturated rings. The predicted octanol–water partition coefficient (Wildman–Crippen LogP) is 3.09. The number of hydrogen-bond acceptors (Lipinski definition) is 3. The van der Waals surface area contributed by atoms with Gasteiger partial charge in [0.1, 0.15) is 0 Å². The number of carbonyl (C=O) groups is 1.